The van der Waals surface area contributed by atoms with Crippen molar-refractivity contribution in [2.75, 3.05) is 13.1 Å². The molecule has 0 spiro atoms. The Kier molecular flexibility index (Phi) is 7.04. The minimum Gasteiger partial charge on any atom is -0.316 e. The molecule has 0 saturated carbocycles. The molecule has 1 N–H and O–H groups in total. The fraction of sp³-hybridized carbons (Fsp3) is 0.647. The molecule has 1 unspecified atom stereocenters. The van der Waals surface area contributed by atoms with E-state index in [2.05, 4.69) is 63.3 Å². The first-order valence-electron chi connectivity index (χ1n) is 7.44. The third kappa shape index (κ3) is 4.81. The molecule has 1 aromatic rings. The molecule has 0 amide bonds. The lowest BCUT2D eigenvalue weighted by Gasteiger charge is -2.23. The summed E-state index contributed by atoms with van der Waals surface area (Å²) in [7, 11) is 0. The lowest BCUT2D eigenvalue weighted by molar-refractivity contribution is 0.407. The second-order valence-electron chi connectivity index (χ2n) is 5.60. The number of hydrogen-bond donors (Lipinski definition) is 1. The van der Waals surface area contributed by atoms with E-state index in [1.54, 1.807) is 0 Å². The SMILES string of the molecule is CCC(CC)CNCC(c1ccccc1)C(C)C. The summed E-state index contributed by atoms with van der Waals surface area (Å²) in [4.78, 5) is 0. The highest BCUT2D eigenvalue weighted by Gasteiger charge is 2.15. The van der Waals surface area contributed by atoms with Crippen LogP contribution in [0.15, 0.2) is 30.3 Å². The highest BCUT2D eigenvalue weighted by molar-refractivity contribution is 5.20. The Labute approximate surface area is 113 Å². The van der Waals surface area contributed by atoms with Gasteiger partial charge in [0.2, 0.25) is 0 Å². The van der Waals surface area contributed by atoms with Crippen molar-refractivity contribution < 1.29 is 0 Å². The van der Waals surface area contributed by atoms with Gasteiger partial charge in [-0.25, -0.2) is 0 Å². The van der Waals surface area contributed by atoms with Gasteiger partial charge in [0.1, 0.15) is 0 Å². The largest absolute Gasteiger partial charge is 0.316 e. The van der Waals surface area contributed by atoms with Crippen molar-refractivity contribution >= 4 is 0 Å². The second kappa shape index (κ2) is 8.31. The fourth-order valence-corrected chi connectivity index (χ4v) is 2.46. The normalized spacial score (nSPS) is 13.2. The zero-order valence-electron chi connectivity index (χ0n) is 12.4. The number of hydrogen-bond acceptors (Lipinski definition) is 1. The lowest BCUT2D eigenvalue weighted by atomic mass is 9.88. The molecule has 1 heteroatoms. The van der Waals surface area contributed by atoms with Gasteiger partial charge in [0.25, 0.3) is 0 Å². The maximum absolute atomic E-state index is 3.67. The summed E-state index contributed by atoms with van der Waals surface area (Å²) >= 11 is 0. The molecule has 0 fully saturated rings. The molecule has 1 aromatic carbocycles. The Morgan fingerprint density at radius 3 is 2.06 bits per heavy atom. The first-order valence-corrected chi connectivity index (χ1v) is 7.44. The minimum atomic E-state index is 0.626. The van der Waals surface area contributed by atoms with Gasteiger partial charge in [-0.15, -0.1) is 0 Å². The van der Waals surface area contributed by atoms with Crippen molar-refractivity contribution in [3.8, 4) is 0 Å². The molecule has 0 aliphatic heterocycles. The summed E-state index contributed by atoms with van der Waals surface area (Å²) in [6.07, 6.45) is 2.56. The molecule has 1 atom stereocenters. The Bertz CT molecular complexity index is 301. The fourth-order valence-electron chi connectivity index (χ4n) is 2.46. The Hall–Kier alpha value is -0.820. The van der Waals surface area contributed by atoms with E-state index >= 15 is 0 Å². The molecule has 18 heavy (non-hydrogen) atoms. The van der Waals surface area contributed by atoms with Crippen molar-refractivity contribution in [2.45, 2.75) is 46.5 Å². The van der Waals surface area contributed by atoms with Crippen molar-refractivity contribution in [3.05, 3.63) is 35.9 Å². The van der Waals surface area contributed by atoms with Crippen molar-refractivity contribution in [1.29, 1.82) is 0 Å². The molecule has 0 bridgehead atoms. The average Bonchev–Trinajstić information content (AvgIpc) is 2.39. The van der Waals surface area contributed by atoms with Crippen LogP contribution in [0.25, 0.3) is 0 Å². The van der Waals surface area contributed by atoms with E-state index in [1.807, 2.05) is 0 Å². The molecule has 102 valence electrons. The van der Waals surface area contributed by atoms with E-state index in [4.69, 9.17) is 0 Å². The molecule has 1 rings (SSSR count). The van der Waals surface area contributed by atoms with Crippen LogP contribution in [0.4, 0.5) is 0 Å². The van der Waals surface area contributed by atoms with Crippen LogP contribution in [-0.2, 0) is 0 Å². The van der Waals surface area contributed by atoms with Gasteiger partial charge in [-0.1, -0.05) is 70.9 Å². The zero-order chi connectivity index (χ0) is 13.4. The van der Waals surface area contributed by atoms with Crippen LogP contribution >= 0.6 is 0 Å². The molecule has 0 saturated heterocycles. The zero-order valence-corrected chi connectivity index (χ0v) is 12.4. The van der Waals surface area contributed by atoms with E-state index in [9.17, 15) is 0 Å². The van der Waals surface area contributed by atoms with Crippen LogP contribution in [0, 0.1) is 11.8 Å². The van der Waals surface area contributed by atoms with E-state index in [-0.39, 0.29) is 0 Å². The van der Waals surface area contributed by atoms with Crippen LogP contribution in [0.3, 0.4) is 0 Å². The predicted octanol–water partition coefficient (Wildman–Crippen LogP) is 4.45. The first kappa shape index (κ1) is 15.2. The summed E-state index contributed by atoms with van der Waals surface area (Å²) in [6.45, 7) is 11.5. The second-order valence-corrected chi connectivity index (χ2v) is 5.60. The van der Waals surface area contributed by atoms with Gasteiger partial charge >= 0.3 is 0 Å². The molecule has 0 aromatic heterocycles. The van der Waals surface area contributed by atoms with Crippen molar-refractivity contribution in [1.82, 2.24) is 5.32 Å². The van der Waals surface area contributed by atoms with E-state index in [0.29, 0.717) is 11.8 Å². The summed E-state index contributed by atoms with van der Waals surface area (Å²) in [6, 6.07) is 10.9. The first-order chi connectivity index (χ1) is 8.69. The van der Waals surface area contributed by atoms with Gasteiger partial charge in [0.05, 0.1) is 0 Å². The van der Waals surface area contributed by atoms with Crippen LogP contribution in [0.2, 0.25) is 0 Å². The molecule has 0 heterocycles. The average molecular weight is 247 g/mol. The molecule has 0 aliphatic carbocycles. The third-order valence-electron chi connectivity index (χ3n) is 3.98. The van der Waals surface area contributed by atoms with Crippen LogP contribution in [0.1, 0.15) is 52.0 Å². The summed E-state index contributed by atoms with van der Waals surface area (Å²) < 4.78 is 0. The maximum Gasteiger partial charge on any atom is 0.00227 e. The molecule has 0 radical (unpaired) electrons. The quantitative estimate of drug-likeness (QED) is 0.715. The highest BCUT2D eigenvalue weighted by atomic mass is 14.9. The molecular weight excluding hydrogens is 218 g/mol. The highest BCUT2D eigenvalue weighted by Crippen LogP contribution is 2.23. The molecule has 0 aliphatic rings. The topological polar surface area (TPSA) is 12.0 Å². The van der Waals surface area contributed by atoms with Gasteiger partial charge in [-0.05, 0) is 29.9 Å². The van der Waals surface area contributed by atoms with E-state index < -0.39 is 0 Å². The van der Waals surface area contributed by atoms with Gasteiger partial charge < -0.3 is 5.32 Å². The number of benzene rings is 1. The minimum absolute atomic E-state index is 0.626. The number of rotatable bonds is 8. The predicted molar refractivity (Wildman–Crippen MR) is 81.0 cm³/mol. The standard InChI is InChI=1S/C17H29N/c1-5-15(6-2)12-18-13-17(14(3)4)16-10-8-7-9-11-16/h7-11,14-15,17-18H,5-6,12-13H2,1-4H3. The third-order valence-corrected chi connectivity index (χ3v) is 3.98. The molecular formula is C17H29N. The summed E-state index contributed by atoms with van der Waals surface area (Å²) in [5, 5.41) is 3.67. The Morgan fingerprint density at radius 2 is 1.56 bits per heavy atom. The van der Waals surface area contributed by atoms with Crippen molar-refractivity contribution in [2.24, 2.45) is 11.8 Å². The van der Waals surface area contributed by atoms with Crippen molar-refractivity contribution in [3.63, 3.8) is 0 Å². The van der Waals surface area contributed by atoms with Crippen LogP contribution < -0.4 is 5.32 Å². The maximum atomic E-state index is 3.67. The Balaban J connectivity index is 2.50. The summed E-state index contributed by atoms with van der Waals surface area (Å²) in [5.74, 6) is 2.13. The van der Waals surface area contributed by atoms with Gasteiger partial charge in [-0.3, -0.25) is 0 Å². The van der Waals surface area contributed by atoms with Gasteiger partial charge in [-0.2, -0.15) is 0 Å². The Morgan fingerprint density at radius 1 is 0.944 bits per heavy atom. The number of nitrogens with one attached hydrogen (secondary N) is 1. The van der Waals surface area contributed by atoms with Crippen LogP contribution in [-0.4, -0.2) is 13.1 Å². The smallest absolute Gasteiger partial charge is 0.00227 e. The monoisotopic (exact) mass is 247 g/mol. The van der Waals surface area contributed by atoms with Gasteiger partial charge in [0, 0.05) is 6.54 Å². The van der Waals surface area contributed by atoms with Crippen LogP contribution in [0.5, 0.6) is 0 Å². The summed E-state index contributed by atoms with van der Waals surface area (Å²) in [5.41, 5.74) is 1.46. The molecule has 1 nitrogen and oxygen atoms in total. The van der Waals surface area contributed by atoms with E-state index in [0.717, 1.165) is 19.0 Å². The van der Waals surface area contributed by atoms with E-state index in [1.165, 1.54) is 18.4 Å². The van der Waals surface area contributed by atoms with Gasteiger partial charge in [0.15, 0.2) is 0 Å². The lowest BCUT2D eigenvalue weighted by Crippen LogP contribution is -2.29.